The highest BCUT2D eigenvalue weighted by atomic mass is 19.4. The standard InChI is InChI=1S/C24H28F6O2/c1-2-17-6-8-18(9-7-17)16-31-20-12-10-19(11-13-20)22(14-4-3-5-15-22)32-24(29,30)21(25)23(26,27)28/h3-5,10-14,17-18,21H,2,6-9,15-16H2,1H3. The number of alkyl halides is 6. The van der Waals surface area contributed by atoms with Crippen LogP contribution in [-0.2, 0) is 10.3 Å². The number of benzene rings is 1. The van der Waals surface area contributed by atoms with E-state index in [-0.39, 0.29) is 12.0 Å². The summed E-state index contributed by atoms with van der Waals surface area (Å²) in [6.07, 6.45) is -4.00. The predicted octanol–water partition coefficient (Wildman–Crippen LogP) is 7.50. The van der Waals surface area contributed by atoms with Gasteiger partial charge in [-0.2, -0.15) is 22.0 Å². The molecule has 0 heterocycles. The van der Waals surface area contributed by atoms with E-state index in [4.69, 9.17) is 4.74 Å². The molecule has 0 aromatic heterocycles. The Balaban J connectivity index is 1.69. The van der Waals surface area contributed by atoms with E-state index in [1.54, 1.807) is 18.2 Å². The third-order valence-corrected chi connectivity index (χ3v) is 6.31. The Morgan fingerprint density at radius 2 is 1.59 bits per heavy atom. The minimum atomic E-state index is -5.74. The Kier molecular flexibility index (Phi) is 7.63. The lowest BCUT2D eigenvalue weighted by atomic mass is 9.81. The van der Waals surface area contributed by atoms with Crippen molar-refractivity contribution < 1.29 is 35.8 Å². The van der Waals surface area contributed by atoms with Crippen LogP contribution in [0.15, 0.2) is 48.6 Å². The zero-order valence-corrected chi connectivity index (χ0v) is 17.9. The number of ether oxygens (including phenoxy) is 2. The van der Waals surface area contributed by atoms with E-state index >= 15 is 0 Å². The summed E-state index contributed by atoms with van der Waals surface area (Å²) in [5, 5.41) is 0. The fourth-order valence-corrected chi connectivity index (χ4v) is 4.29. The molecule has 0 amide bonds. The van der Waals surface area contributed by atoms with Crippen molar-refractivity contribution in [3.63, 3.8) is 0 Å². The average molecular weight is 462 g/mol. The Morgan fingerprint density at radius 1 is 0.969 bits per heavy atom. The van der Waals surface area contributed by atoms with E-state index in [9.17, 15) is 26.3 Å². The minimum Gasteiger partial charge on any atom is -0.493 e. The normalized spacial score (nSPS) is 27.3. The molecule has 8 heteroatoms. The van der Waals surface area contributed by atoms with Gasteiger partial charge in [0.1, 0.15) is 11.4 Å². The molecule has 0 N–H and O–H groups in total. The number of hydrogen-bond donors (Lipinski definition) is 0. The van der Waals surface area contributed by atoms with Gasteiger partial charge in [-0.1, -0.05) is 56.5 Å². The average Bonchev–Trinajstić information content (AvgIpc) is 2.77. The lowest BCUT2D eigenvalue weighted by Crippen LogP contribution is -2.48. The quantitative estimate of drug-likeness (QED) is 0.373. The van der Waals surface area contributed by atoms with Crippen molar-refractivity contribution in [1.82, 2.24) is 0 Å². The summed E-state index contributed by atoms with van der Waals surface area (Å²) in [5.74, 6) is 1.77. The molecule has 0 spiro atoms. The molecule has 0 radical (unpaired) electrons. The molecule has 1 aromatic rings. The first-order chi connectivity index (χ1) is 15.1. The summed E-state index contributed by atoms with van der Waals surface area (Å²) in [6.45, 7) is 2.75. The van der Waals surface area contributed by atoms with Crippen LogP contribution in [0.4, 0.5) is 26.3 Å². The monoisotopic (exact) mass is 462 g/mol. The lowest BCUT2D eigenvalue weighted by molar-refractivity contribution is -0.362. The van der Waals surface area contributed by atoms with E-state index in [0.717, 1.165) is 18.8 Å². The molecule has 1 saturated carbocycles. The summed E-state index contributed by atoms with van der Waals surface area (Å²) in [4.78, 5) is 0. The van der Waals surface area contributed by atoms with E-state index in [2.05, 4.69) is 11.7 Å². The molecule has 2 aliphatic rings. The number of allylic oxidation sites excluding steroid dienone is 2. The fraction of sp³-hybridized carbons (Fsp3) is 0.583. The SMILES string of the molecule is CCC1CCC(COc2ccc(C3(OC(F)(F)C(F)C(F)(F)F)C=CC=CC3)cc2)CC1. The molecule has 2 aliphatic carbocycles. The molecule has 0 saturated heterocycles. The van der Waals surface area contributed by atoms with E-state index in [0.29, 0.717) is 18.3 Å². The van der Waals surface area contributed by atoms with Gasteiger partial charge < -0.3 is 9.47 Å². The van der Waals surface area contributed by atoms with Gasteiger partial charge in [0.2, 0.25) is 0 Å². The second-order valence-electron chi connectivity index (χ2n) is 8.58. The fourth-order valence-electron chi connectivity index (χ4n) is 4.29. The van der Waals surface area contributed by atoms with E-state index < -0.39 is 24.1 Å². The molecule has 1 aromatic carbocycles. The van der Waals surface area contributed by atoms with Crippen LogP contribution < -0.4 is 4.74 Å². The van der Waals surface area contributed by atoms with E-state index in [1.165, 1.54) is 49.6 Å². The highest BCUT2D eigenvalue weighted by molar-refractivity contribution is 5.37. The highest BCUT2D eigenvalue weighted by Crippen LogP contribution is 2.44. The number of halogens is 6. The maximum absolute atomic E-state index is 14.1. The first-order valence-electron chi connectivity index (χ1n) is 10.9. The Bertz CT molecular complexity index is 794. The largest absolute Gasteiger partial charge is 0.493 e. The van der Waals surface area contributed by atoms with Gasteiger partial charge in [0.05, 0.1) is 6.61 Å². The van der Waals surface area contributed by atoms with Crippen molar-refractivity contribution >= 4 is 0 Å². The number of rotatable bonds is 8. The van der Waals surface area contributed by atoms with Gasteiger partial charge in [0.15, 0.2) is 0 Å². The van der Waals surface area contributed by atoms with Gasteiger partial charge in [0, 0.05) is 6.42 Å². The van der Waals surface area contributed by atoms with Crippen LogP contribution in [0.25, 0.3) is 0 Å². The van der Waals surface area contributed by atoms with Gasteiger partial charge in [-0.25, -0.2) is 4.39 Å². The molecule has 0 bridgehead atoms. The van der Waals surface area contributed by atoms with Gasteiger partial charge in [-0.15, -0.1) is 0 Å². The third kappa shape index (κ3) is 5.88. The highest BCUT2D eigenvalue weighted by Gasteiger charge is 2.60. The molecule has 2 nitrogen and oxygen atoms in total. The van der Waals surface area contributed by atoms with Gasteiger partial charge in [-0.3, -0.25) is 0 Å². The second kappa shape index (κ2) is 9.89. The molecule has 2 unspecified atom stereocenters. The van der Waals surface area contributed by atoms with Crippen molar-refractivity contribution in [2.24, 2.45) is 11.8 Å². The summed E-state index contributed by atoms with van der Waals surface area (Å²) in [7, 11) is 0. The van der Waals surface area contributed by atoms with Crippen molar-refractivity contribution in [1.29, 1.82) is 0 Å². The predicted molar refractivity (Wildman–Crippen MR) is 109 cm³/mol. The third-order valence-electron chi connectivity index (χ3n) is 6.31. The van der Waals surface area contributed by atoms with E-state index in [1.807, 2.05) is 0 Å². The zero-order chi connectivity index (χ0) is 23.4. The summed E-state index contributed by atoms with van der Waals surface area (Å²) >= 11 is 0. The van der Waals surface area contributed by atoms with Crippen LogP contribution in [0.2, 0.25) is 0 Å². The van der Waals surface area contributed by atoms with Crippen LogP contribution in [0.1, 0.15) is 51.0 Å². The Hall–Kier alpha value is -1.96. The summed E-state index contributed by atoms with van der Waals surface area (Å²) in [6, 6.07) is 6.06. The van der Waals surface area contributed by atoms with Crippen molar-refractivity contribution in [2.45, 2.75) is 69.5 Å². The van der Waals surface area contributed by atoms with Crippen LogP contribution in [-0.4, -0.2) is 25.1 Å². The number of hydrogen-bond acceptors (Lipinski definition) is 2. The first-order valence-corrected chi connectivity index (χ1v) is 10.9. The molecule has 32 heavy (non-hydrogen) atoms. The smallest absolute Gasteiger partial charge is 0.428 e. The lowest BCUT2D eigenvalue weighted by Gasteiger charge is -2.36. The molecule has 3 rings (SSSR count). The minimum absolute atomic E-state index is 0.162. The molecule has 1 fully saturated rings. The van der Waals surface area contributed by atoms with Gasteiger partial charge in [0.25, 0.3) is 6.17 Å². The topological polar surface area (TPSA) is 18.5 Å². The van der Waals surface area contributed by atoms with Gasteiger partial charge >= 0.3 is 12.3 Å². The first kappa shape index (κ1) is 24.7. The molecule has 178 valence electrons. The van der Waals surface area contributed by atoms with Crippen LogP contribution in [0.5, 0.6) is 5.75 Å². The maximum Gasteiger partial charge on any atom is 0.428 e. The second-order valence-corrected chi connectivity index (χ2v) is 8.58. The maximum atomic E-state index is 14.1. The van der Waals surface area contributed by atoms with Crippen LogP contribution in [0, 0.1) is 11.8 Å². The molecule has 2 atom stereocenters. The Morgan fingerprint density at radius 3 is 2.12 bits per heavy atom. The summed E-state index contributed by atoms with van der Waals surface area (Å²) in [5.41, 5.74) is -1.74. The zero-order valence-electron chi connectivity index (χ0n) is 17.9. The van der Waals surface area contributed by atoms with Crippen LogP contribution >= 0.6 is 0 Å². The molecular formula is C24H28F6O2. The van der Waals surface area contributed by atoms with Crippen molar-refractivity contribution in [3.05, 3.63) is 54.1 Å². The van der Waals surface area contributed by atoms with Crippen molar-refractivity contribution in [3.8, 4) is 5.75 Å². The molecule has 0 aliphatic heterocycles. The Labute approximate surface area is 184 Å². The van der Waals surface area contributed by atoms with Gasteiger partial charge in [-0.05, 0) is 48.4 Å². The summed E-state index contributed by atoms with van der Waals surface area (Å²) < 4.78 is 89.7. The van der Waals surface area contributed by atoms with Crippen molar-refractivity contribution in [2.75, 3.05) is 6.61 Å². The molecular weight excluding hydrogens is 434 g/mol. The van der Waals surface area contributed by atoms with Crippen LogP contribution in [0.3, 0.4) is 0 Å².